The standard InChI is InChI=1S/C35H33ClN6O/c1-2-25-17-18-32-29(21-25)22-30(35(43)37-32)33(34-38-39-40-42(34)20-19-26-11-5-3-6-12-26)41(23-27-13-7-4-8-14-27)24-28-15-9-10-16-31(28)36/h3-18,21-22,33H,2,19-20,23-24H2,1H3,(H,37,43)/t33-/m1/s1. The van der Waals surface area contributed by atoms with Crippen LogP contribution < -0.4 is 5.56 Å². The summed E-state index contributed by atoms with van der Waals surface area (Å²) in [6.07, 6.45) is 1.65. The summed E-state index contributed by atoms with van der Waals surface area (Å²) in [6, 6.07) is 35.9. The van der Waals surface area contributed by atoms with Crippen LogP contribution in [0.2, 0.25) is 5.02 Å². The number of rotatable bonds is 11. The molecule has 8 heteroatoms. The molecule has 0 spiro atoms. The quantitative estimate of drug-likeness (QED) is 0.181. The SMILES string of the molecule is CCc1ccc2[nH]c(=O)c([C@H](c3nnnn3CCc3ccccc3)N(Cc3ccccc3)Cc3ccccc3Cl)cc2c1. The van der Waals surface area contributed by atoms with E-state index < -0.39 is 6.04 Å². The minimum absolute atomic E-state index is 0.170. The zero-order valence-electron chi connectivity index (χ0n) is 24.0. The first kappa shape index (κ1) is 28.5. The van der Waals surface area contributed by atoms with E-state index in [1.165, 1.54) is 11.1 Å². The lowest BCUT2D eigenvalue weighted by Gasteiger charge is -2.31. The van der Waals surface area contributed by atoms with E-state index in [0.717, 1.165) is 34.9 Å². The molecule has 2 heterocycles. The van der Waals surface area contributed by atoms with E-state index in [2.05, 4.69) is 68.7 Å². The number of hydrogen-bond acceptors (Lipinski definition) is 5. The molecule has 0 aliphatic heterocycles. The summed E-state index contributed by atoms with van der Waals surface area (Å²) < 4.78 is 1.83. The van der Waals surface area contributed by atoms with Gasteiger partial charge < -0.3 is 4.98 Å². The van der Waals surface area contributed by atoms with Gasteiger partial charge >= 0.3 is 0 Å². The van der Waals surface area contributed by atoms with E-state index in [0.29, 0.717) is 36.0 Å². The van der Waals surface area contributed by atoms with E-state index in [-0.39, 0.29) is 5.56 Å². The third-order valence-electron chi connectivity index (χ3n) is 7.82. The Morgan fingerprint density at radius 1 is 0.837 bits per heavy atom. The highest BCUT2D eigenvalue weighted by Gasteiger charge is 2.31. The first-order valence-electron chi connectivity index (χ1n) is 14.6. The molecular weight excluding hydrogens is 556 g/mol. The van der Waals surface area contributed by atoms with E-state index in [9.17, 15) is 4.79 Å². The van der Waals surface area contributed by atoms with Gasteiger partial charge in [-0.25, -0.2) is 4.68 Å². The van der Waals surface area contributed by atoms with Crippen molar-refractivity contribution >= 4 is 22.5 Å². The Morgan fingerprint density at radius 2 is 1.56 bits per heavy atom. The third-order valence-corrected chi connectivity index (χ3v) is 8.19. The predicted octanol–water partition coefficient (Wildman–Crippen LogP) is 6.76. The van der Waals surface area contributed by atoms with Gasteiger partial charge in [-0.3, -0.25) is 9.69 Å². The van der Waals surface area contributed by atoms with Crippen LogP contribution in [0.3, 0.4) is 0 Å². The lowest BCUT2D eigenvalue weighted by Crippen LogP contribution is -2.35. The molecule has 6 rings (SSSR count). The molecule has 4 aromatic carbocycles. The van der Waals surface area contributed by atoms with Crippen LogP contribution in [0.25, 0.3) is 10.9 Å². The number of aromatic nitrogens is 5. The van der Waals surface area contributed by atoms with Crippen molar-refractivity contribution in [1.29, 1.82) is 0 Å². The molecule has 43 heavy (non-hydrogen) atoms. The maximum Gasteiger partial charge on any atom is 0.253 e. The van der Waals surface area contributed by atoms with Gasteiger partial charge in [0.25, 0.3) is 5.56 Å². The molecule has 7 nitrogen and oxygen atoms in total. The fourth-order valence-electron chi connectivity index (χ4n) is 5.54. The molecule has 216 valence electrons. The van der Waals surface area contributed by atoms with Crippen LogP contribution in [0.1, 0.15) is 46.6 Å². The Hall–Kier alpha value is -4.59. The minimum atomic E-state index is -0.555. The van der Waals surface area contributed by atoms with Crippen molar-refractivity contribution in [1.82, 2.24) is 30.1 Å². The number of aryl methyl sites for hydroxylation is 3. The second-order valence-electron chi connectivity index (χ2n) is 10.7. The van der Waals surface area contributed by atoms with Gasteiger partial charge in [-0.05, 0) is 75.2 Å². The van der Waals surface area contributed by atoms with E-state index in [1.807, 2.05) is 77.5 Å². The summed E-state index contributed by atoms with van der Waals surface area (Å²) in [5, 5.41) is 14.7. The summed E-state index contributed by atoms with van der Waals surface area (Å²) in [6.45, 7) is 3.73. The van der Waals surface area contributed by atoms with Gasteiger partial charge in [0.05, 0.1) is 0 Å². The Kier molecular flexibility index (Phi) is 8.72. The molecule has 0 saturated carbocycles. The van der Waals surface area contributed by atoms with E-state index in [4.69, 9.17) is 11.6 Å². The molecule has 0 amide bonds. The van der Waals surface area contributed by atoms with Gasteiger partial charge in [0.15, 0.2) is 5.82 Å². The summed E-state index contributed by atoms with van der Waals surface area (Å²) in [7, 11) is 0. The molecule has 0 aliphatic carbocycles. The fraction of sp³-hybridized carbons (Fsp3) is 0.200. The number of hydrogen-bond donors (Lipinski definition) is 1. The van der Waals surface area contributed by atoms with Gasteiger partial charge in [-0.15, -0.1) is 5.10 Å². The number of H-pyrrole nitrogens is 1. The highest BCUT2D eigenvalue weighted by Crippen LogP contribution is 2.31. The molecular formula is C35H33ClN6O. The summed E-state index contributed by atoms with van der Waals surface area (Å²) in [5.41, 5.74) is 5.66. The van der Waals surface area contributed by atoms with Crippen molar-refractivity contribution in [2.45, 2.75) is 45.4 Å². The van der Waals surface area contributed by atoms with Crippen molar-refractivity contribution in [3.8, 4) is 0 Å². The van der Waals surface area contributed by atoms with Crippen LogP contribution in [-0.2, 0) is 32.5 Å². The number of nitrogens with zero attached hydrogens (tertiary/aromatic N) is 5. The Bertz CT molecular complexity index is 1870. The maximum absolute atomic E-state index is 13.9. The Balaban J connectivity index is 1.50. The third kappa shape index (κ3) is 6.58. The van der Waals surface area contributed by atoms with Crippen molar-refractivity contribution in [2.24, 2.45) is 0 Å². The highest BCUT2D eigenvalue weighted by atomic mass is 35.5. The van der Waals surface area contributed by atoms with Crippen LogP contribution in [0.15, 0.2) is 114 Å². The van der Waals surface area contributed by atoms with Crippen LogP contribution >= 0.6 is 11.6 Å². The predicted molar refractivity (Wildman–Crippen MR) is 171 cm³/mol. The fourth-order valence-corrected chi connectivity index (χ4v) is 5.74. The highest BCUT2D eigenvalue weighted by molar-refractivity contribution is 6.31. The zero-order chi connectivity index (χ0) is 29.6. The van der Waals surface area contributed by atoms with Gasteiger partial charge in [-0.1, -0.05) is 103 Å². The van der Waals surface area contributed by atoms with Crippen LogP contribution in [0, 0.1) is 0 Å². The van der Waals surface area contributed by atoms with Crippen LogP contribution in [0.4, 0.5) is 0 Å². The van der Waals surface area contributed by atoms with E-state index >= 15 is 0 Å². The zero-order valence-corrected chi connectivity index (χ0v) is 24.8. The first-order valence-corrected chi connectivity index (χ1v) is 14.9. The van der Waals surface area contributed by atoms with Crippen LogP contribution in [0.5, 0.6) is 0 Å². The smallest absolute Gasteiger partial charge is 0.253 e. The number of benzene rings is 4. The topological polar surface area (TPSA) is 79.7 Å². The van der Waals surface area contributed by atoms with Crippen molar-refractivity contribution in [3.63, 3.8) is 0 Å². The average molecular weight is 589 g/mol. The second kappa shape index (κ2) is 13.2. The molecule has 2 aromatic heterocycles. The summed E-state index contributed by atoms with van der Waals surface area (Å²) in [5.74, 6) is 0.607. The van der Waals surface area contributed by atoms with E-state index in [1.54, 1.807) is 0 Å². The van der Waals surface area contributed by atoms with Gasteiger partial charge in [-0.2, -0.15) is 0 Å². The summed E-state index contributed by atoms with van der Waals surface area (Å²) in [4.78, 5) is 19.3. The number of nitrogens with one attached hydrogen (secondary N) is 1. The number of aromatic amines is 1. The van der Waals surface area contributed by atoms with Gasteiger partial charge in [0.2, 0.25) is 0 Å². The molecule has 0 radical (unpaired) electrons. The molecule has 1 atom stereocenters. The Morgan fingerprint density at radius 3 is 2.30 bits per heavy atom. The molecule has 0 aliphatic rings. The number of fused-ring (bicyclic) bond motifs is 1. The van der Waals surface area contributed by atoms with Crippen LogP contribution in [-0.4, -0.2) is 30.1 Å². The maximum atomic E-state index is 13.9. The number of tetrazole rings is 1. The molecule has 6 aromatic rings. The lowest BCUT2D eigenvalue weighted by molar-refractivity contribution is 0.193. The van der Waals surface area contributed by atoms with Crippen molar-refractivity contribution < 1.29 is 0 Å². The number of pyridine rings is 1. The lowest BCUT2D eigenvalue weighted by atomic mass is 10.00. The normalized spacial score (nSPS) is 12.2. The first-order chi connectivity index (χ1) is 21.1. The molecule has 0 unspecified atom stereocenters. The minimum Gasteiger partial charge on any atom is -0.322 e. The monoisotopic (exact) mass is 588 g/mol. The largest absolute Gasteiger partial charge is 0.322 e. The molecule has 0 saturated heterocycles. The Labute approximate surface area is 255 Å². The van der Waals surface area contributed by atoms with Crippen molar-refractivity contribution in [2.75, 3.05) is 0 Å². The van der Waals surface area contributed by atoms with Gasteiger partial charge in [0.1, 0.15) is 6.04 Å². The second-order valence-corrected chi connectivity index (χ2v) is 11.1. The molecule has 0 bridgehead atoms. The average Bonchev–Trinajstić information content (AvgIpc) is 3.50. The van der Waals surface area contributed by atoms with Gasteiger partial charge in [0, 0.05) is 35.7 Å². The molecule has 1 N–H and O–H groups in total. The molecule has 0 fully saturated rings. The number of halogens is 1. The summed E-state index contributed by atoms with van der Waals surface area (Å²) >= 11 is 6.70. The van der Waals surface area contributed by atoms with Crippen molar-refractivity contribution in [3.05, 3.63) is 158 Å².